The molecule has 3 aromatic rings. The largest absolute Gasteiger partial charge is 0.340 e. The van der Waals surface area contributed by atoms with Gasteiger partial charge in [0.05, 0.1) is 11.3 Å². The van der Waals surface area contributed by atoms with Crippen molar-refractivity contribution in [2.24, 2.45) is 7.05 Å². The summed E-state index contributed by atoms with van der Waals surface area (Å²) in [4.78, 5) is 52.2. The third kappa shape index (κ3) is 2.76. The molecule has 0 saturated carbocycles. The van der Waals surface area contributed by atoms with Crippen molar-refractivity contribution >= 4 is 28.9 Å². The Balaban J connectivity index is 1.77. The summed E-state index contributed by atoms with van der Waals surface area (Å²) in [6, 6.07) is 14.2. The lowest BCUT2D eigenvalue weighted by Crippen LogP contribution is -2.37. The Labute approximate surface area is 176 Å². The van der Waals surface area contributed by atoms with Crippen LogP contribution in [0.2, 0.25) is 0 Å². The monoisotopic (exact) mass is 414 g/mol. The fourth-order valence-corrected chi connectivity index (χ4v) is 4.33. The summed E-state index contributed by atoms with van der Waals surface area (Å²) in [7, 11) is 1.56. The van der Waals surface area contributed by atoms with E-state index in [0.29, 0.717) is 39.5 Å². The van der Waals surface area contributed by atoms with Gasteiger partial charge in [0.1, 0.15) is 5.82 Å². The van der Waals surface area contributed by atoms with Gasteiger partial charge in [-0.05, 0) is 17.7 Å². The molecular weight excluding hydrogens is 396 g/mol. The number of carbonyl (C=O) groups is 2. The van der Waals surface area contributed by atoms with E-state index in [2.05, 4.69) is 15.6 Å². The molecule has 1 atom stereocenters. The number of nitrogens with zero attached hydrogens (tertiary/aromatic N) is 1. The lowest BCUT2D eigenvalue weighted by Gasteiger charge is -2.29. The number of anilines is 2. The van der Waals surface area contributed by atoms with Gasteiger partial charge in [-0.3, -0.25) is 23.9 Å². The molecule has 154 valence electrons. The van der Waals surface area contributed by atoms with Gasteiger partial charge < -0.3 is 10.6 Å². The minimum absolute atomic E-state index is 0.159. The van der Waals surface area contributed by atoms with E-state index in [-0.39, 0.29) is 11.7 Å². The SMILES string of the molecule is CC(=O)Nc1ccc([C@@H]2C3=C(Nc4c2c(=O)[nH]c(=O)n4C)c2ccccc2C3=O)cc1. The Morgan fingerprint density at radius 2 is 1.68 bits per heavy atom. The molecule has 0 saturated heterocycles. The zero-order valence-electron chi connectivity index (χ0n) is 16.8. The van der Waals surface area contributed by atoms with Crippen LogP contribution in [0.25, 0.3) is 5.70 Å². The molecule has 0 spiro atoms. The number of benzene rings is 2. The minimum atomic E-state index is -0.673. The van der Waals surface area contributed by atoms with Crippen molar-refractivity contribution in [1.29, 1.82) is 0 Å². The number of Topliss-reactive ketones (excluding diaryl/α,β-unsaturated/α-hetero) is 1. The quantitative estimate of drug-likeness (QED) is 0.595. The number of aromatic amines is 1. The number of allylic oxidation sites excluding steroid dienone is 1. The molecule has 0 radical (unpaired) electrons. The van der Waals surface area contributed by atoms with Crippen molar-refractivity contribution in [3.8, 4) is 0 Å². The predicted molar refractivity (Wildman–Crippen MR) is 116 cm³/mol. The highest BCUT2D eigenvalue weighted by Gasteiger charge is 2.42. The van der Waals surface area contributed by atoms with Crippen molar-refractivity contribution in [2.45, 2.75) is 12.8 Å². The average Bonchev–Trinajstić information content (AvgIpc) is 3.03. The summed E-state index contributed by atoms with van der Waals surface area (Å²) >= 11 is 0. The van der Waals surface area contributed by atoms with Gasteiger partial charge in [0, 0.05) is 42.3 Å². The highest BCUT2D eigenvalue weighted by atomic mass is 16.2. The standard InChI is InChI=1S/C23H18N4O4/c1-11(28)24-13-9-7-12(8-10-13)16-17-19(14-5-3-4-6-15(14)20(17)29)25-21-18(16)22(30)26-23(31)27(21)2/h3-10,16,25H,1-2H3,(H,24,28)(H,26,30,31)/t16-/m1/s1. The maximum Gasteiger partial charge on any atom is 0.329 e. The van der Waals surface area contributed by atoms with Gasteiger partial charge in [-0.15, -0.1) is 0 Å². The van der Waals surface area contributed by atoms with Crippen LogP contribution in [0.4, 0.5) is 11.5 Å². The first kappa shape index (κ1) is 18.8. The Kier molecular flexibility index (Phi) is 4.04. The van der Waals surface area contributed by atoms with Crippen LogP contribution in [0.15, 0.2) is 63.7 Å². The van der Waals surface area contributed by atoms with Gasteiger partial charge in [0.2, 0.25) is 5.91 Å². The van der Waals surface area contributed by atoms with E-state index in [1.165, 1.54) is 11.5 Å². The zero-order chi connectivity index (χ0) is 21.9. The Bertz CT molecular complexity index is 1430. The highest BCUT2D eigenvalue weighted by molar-refractivity contribution is 6.23. The second kappa shape index (κ2) is 6.66. The Morgan fingerprint density at radius 3 is 2.35 bits per heavy atom. The van der Waals surface area contributed by atoms with E-state index in [1.807, 2.05) is 12.1 Å². The lowest BCUT2D eigenvalue weighted by molar-refractivity contribution is -0.114. The summed E-state index contributed by atoms with van der Waals surface area (Å²) in [5.41, 5.74) is 2.87. The molecule has 0 unspecified atom stereocenters. The lowest BCUT2D eigenvalue weighted by atomic mass is 9.81. The molecule has 2 heterocycles. The van der Waals surface area contributed by atoms with Crippen LogP contribution in [0.5, 0.6) is 0 Å². The third-order valence-electron chi connectivity index (χ3n) is 5.70. The van der Waals surface area contributed by atoms with Gasteiger partial charge >= 0.3 is 5.69 Å². The molecule has 8 nitrogen and oxygen atoms in total. The van der Waals surface area contributed by atoms with E-state index in [4.69, 9.17) is 0 Å². The molecule has 2 aromatic carbocycles. The smallest absolute Gasteiger partial charge is 0.329 e. The summed E-state index contributed by atoms with van der Waals surface area (Å²) < 4.78 is 1.34. The number of hydrogen-bond acceptors (Lipinski definition) is 5. The topological polar surface area (TPSA) is 113 Å². The molecule has 5 rings (SSSR count). The first-order chi connectivity index (χ1) is 14.9. The molecule has 0 fully saturated rings. The molecule has 1 aliphatic carbocycles. The van der Waals surface area contributed by atoms with E-state index in [1.54, 1.807) is 43.4 Å². The fourth-order valence-electron chi connectivity index (χ4n) is 4.33. The number of aromatic nitrogens is 2. The number of nitrogens with one attached hydrogen (secondary N) is 3. The first-order valence-corrected chi connectivity index (χ1v) is 9.73. The number of rotatable bonds is 2. The van der Waals surface area contributed by atoms with Gasteiger partial charge in [0.25, 0.3) is 5.56 Å². The molecule has 1 aliphatic heterocycles. The van der Waals surface area contributed by atoms with Crippen LogP contribution < -0.4 is 21.9 Å². The number of hydrogen-bond donors (Lipinski definition) is 3. The summed E-state index contributed by atoms with van der Waals surface area (Å²) in [5, 5.41) is 5.89. The molecule has 3 N–H and O–H groups in total. The molecular formula is C23H18N4O4. The van der Waals surface area contributed by atoms with Crippen molar-refractivity contribution in [1.82, 2.24) is 9.55 Å². The first-order valence-electron chi connectivity index (χ1n) is 9.73. The van der Waals surface area contributed by atoms with E-state index >= 15 is 0 Å². The molecule has 0 bridgehead atoms. The van der Waals surface area contributed by atoms with Crippen LogP contribution in [-0.4, -0.2) is 21.2 Å². The second-order valence-corrected chi connectivity index (χ2v) is 7.61. The number of H-pyrrole nitrogens is 1. The molecule has 2 aliphatic rings. The fraction of sp³-hybridized carbons (Fsp3) is 0.130. The van der Waals surface area contributed by atoms with Crippen LogP contribution in [-0.2, 0) is 11.8 Å². The van der Waals surface area contributed by atoms with E-state index in [0.717, 1.165) is 5.56 Å². The van der Waals surface area contributed by atoms with Gasteiger partial charge in [0.15, 0.2) is 5.78 Å². The zero-order valence-corrected chi connectivity index (χ0v) is 16.8. The normalized spacial score (nSPS) is 16.3. The van der Waals surface area contributed by atoms with Crippen molar-refractivity contribution < 1.29 is 9.59 Å². The van der Waals surface area contributed by atoms with Gasteiger partial charge in [-0.2, -0.15) is 0 Å². The summed E-state index contributed by atoms with van der Waals surface area (Å²) in [6.45, 7) is 1.42. The van der Waals surface area contributed by atoms with Gasteiger partial charge in [-0.1, -0.05) is 36.4 Å². The van der Waals surface area contributed by atoms with Gasteiger partial charge in [-0.25, -0.2) is 4.79 Å². The maximum atomic E-state index is 13.4. The third-order valence-corrected chi connectivity index (χ3v) is 5.70. The van der Waals surface area contributed by atoms with E-state index < -0.39 is 17.2 Å². The van der Waals surface area contributed by atoms with Crippen molar-refractivity contribution in [2.75, 3.05) is 10.6 Å². The minimum Gasteiger partial charge on any atom is -0.340 e. The predicted octanol–water partition coefficient (Wildman–Crippen LogP) is 2.20. The number of carbonyl (C=O) groups excluding carboxylic acids is 2. The second-order valence-electron chi connectivity index (χ2n) is 7.61. The average molecular weight is 414 g/mol. The Hall–Kier alpha value is -4.20. The molecule has 1 aromatic heterocycles. The summed E-state index contributed by atoms with van der Waals surface area (Å²) in [6.07, 6.45) is 0. The van der Waals surface area contributed by atoms with Crippen LogP contribution in [0.3, 0.4) is 0 Å². The van der Waals surface area contributed by atoms with E-state index in [9.17, 15) is 19.2 Å². The Morgan fingerprint density at radius 1 is 1.00 bits per heavy atom. The molecule has 31 heavy (non-hydrogen) atoms. The molecule has 8 heteroatoms. The van der Waals surface area contributed by atoms with Crippen LogP contribution >= 0.6 is 0 Å². The van der Waals surface area contributed by atoms with Crippen LogP contribution in [0.1, 0.15) is 39.9 Å². The number of fused-ring (bicyclic) bond motifs is 3. The number of ketones is 1. The molecule has 1 amide bonds. The van der Waals surface area contributed by atoms with Crippen LogP contribution in [0, 0.1) is 0 Å². The number of amides is 1. The maximum absolute atomic E-state index is 13.4. The highest BCUT2D eigenvalue weighted by Crippen LogP contribution is 2.47. The van der Waals surface area contributed by atoms with Crippen molar-refractivity contribution in [3.63, 3.8) is 0 Å². The van der Waals surface area contributed by atoms with Crippen molar-refractivity contribution in [3.05, 3.63) is 97.2 Å². The summed E-state index contributed by atoms with van der Waals surface area (Å²) in [5.74, 6) is -0.674.